The zero-order chi connectivity index (χ0) is 21.4. The predicted molar refractivity (Wildman–Crippen MR) is 108 cm³/mol. The SMILES string of the molecule is CC(C)COC(=CN[C@@H]1c2cc(C#N)ccc2OC(C)(C)[C@H]1O)COCC=C=O. The number of aliphatic hydroxyl groups is 1. The summed E-state index contributed by atoms with van der Waals surface area (Å²) in [7, 11) is 0. The number of rotatable bonds is 9. The van der Waals surface area contributed by atoms with Crippen LogP contribution in [0.4, 0.5) is 0 Å². The van der Waals surface area contributed by atoms with Crippen molar-refractivity contribution in [1.82, 2.24) is 5.32 Å². The van der Waals surface area contributed by atoms with Crippen molar-refractivity contribution in [3.63, 3.8) is 0 Å². The molecule has 0 fully saturated rings. The van der Waals surface area contributed by atoms with E-state index in [-0.39, 0.29) is 13.2 Å². The zero-order valence-electron chi connectivity index (χ0n) is 17.3. The molecule has 0 aliphatic carbocycles. The van der Waals surface area contributed by atoms with Crippen molar-refractivity contribution in [3.05, 3.63) is 47.4 Å². The number of hydrogen-bond acceptors (Lipinski definition) is 7. The van der Waals surface area contributed by atoms with Crippen molar-refractivity contribution in [2.24, 2.45) is 5.92 Å². The van der Waals surface area contributed by atoms with Gasteiger partial charge in [0, 0.05) is 17.8 Å². The number of aliphatic hydroxyl groups excluding tert-OH is 1. The van der Waals surface area contributed by atoms with Crippen molar-refractivity contribution < 1.29 is 24.1 Å². The summed E-state index contributed by atoms with van der Waals surface area (Å²) in [5.74, 6) is 3.13. The Morgan fingerprint density at radius 1 is 1.45 bits per heavy atom. The van der Waals surface area contributed by atoms with Gasteiger partial charge in [-0.05, 0) is 38.0 Å². The van der Waals surface area contributed by atoms with Gasteiger partial charge in [-0.3, -0.25) is 0 Å². The van der Waals surface area contributed by atoms with Crippen LogP contribution in [0, 0.1) is 17.2 Å². The van der Waals surface area contributed by atoms with Crippen LogP contribution in [0.25, 0.3) is 0 Å². The summed E-state index contributed by atoms with van der Waals surface area (Å²) in [6.45, 7) is 8.47. The lowest BCUT2D eigenvalue weighted by atomic mass is 9.86. The Labute approximate surface area is 171 Å². The molecule has 2 rings (SSSR count). The summed E-state index contributed by atoms with van der Waals surface area (Å²) < 4.78 is 17.1. The molecule has 2 N–H and O–H groups in total. The zero-order valence-corrected chi connectivity index (χ0v) is 17.3. The summed E-state index contributed by atoms with van der Waals surface area (Å²) in [6.07, 6.45) is 2.04. The molecule has 1 aliphatic heterocycles. The third-order valence-electron chi connectivity index (χ3n) is 4.43. The summed E-state index contributed by atoms with van der Waals surface area (Å²) in [4.78, 5) is 10.3. The second-order valence-electron chi connectivity index (χ2n) is 7.81. The standard InChI is InChI=1S/C22H28N2O5/c1-15(2)13-28-17(14-27-9-5-8-25)12-24-20-18-10-16(11-23)6-7-19(18)29-22(3,4)21(20)26/h5-7,10,12,15,20-21,24,26H,9,13-14H2,1-4H3/t20-,21+/m1/s1. The van der Waals surface area contributed by atoms with E-state index in [4.69, 9.17) is 14.2 Å². The molecule has 29 heavy (non-hydrogen) atoms. The van der Waals surface area contributed by atoms with E-state index in [0.29, 0.717) is 35.2 Å². The van der Waals surface area contributed by atoms with Crippen LogP contribution in [-0.2, 0) is 14.3 Å². The highest BCUT2D eigenvalue weighted by atomic mass is 16.5. The Kier molecular flexibility index (Phi) is 7.86. The van der Waals surface area contributed by atoms with E-state index < -0.39 is 17.7 Å². The van der Waals surface area contributed by atoms with Gasteiger partial charge in [0.15, 0.2) is 0 Å². The van der Waals surface area contributed by atoms with E-state index >= 15 is 0 Å². The number of carbonyl (C=O) groups excluding carboxylic acids is 1. The number of nitrogens with one attached hydrogen (secondary N) is 1. The van der Waals surface area contributed by atoms with Gasteiger partial charge in [0.05, 0.1) is 30.9 Å². The monoisotopic (exact) mass is 400 g/mol. The molecule has 0 bridgehead atoms. The Morgan fingerprint density at radius 3 is 2.86 bits per heavy atom. The van der Waals surface area contributed by atoms with Crippen LogP contribution in [-0.4, -0.2) is 42.6 Å². The number of nitriles is 1. The second kappa shape index (κ2) is 10.1. The van der Waals surface area contributed by atoms with Crippen LogP contribution in [0.15, 0.2) is 36.2 Å². The van der Waals surface area contributed by atoms with Crippen LogP contribution >= 0.6 is 0 Å². The minimum Gasteiger partial charge on any atom is -0.494 e. The molecule has 0 radical (unpaired) electrons. The number of ether oxygens (including phenoxy) is 3. The van der Waals surface area contributed by atoms with Crippen LogP contribution in [0.1, 0.15) is 44.9 Å². The fourth-order valence-corrected chi connectivity index (χ4v) is 2.88. The molecule has 0 saturated heterocycles. The van der Waals surface area contributed by atoms with Crippen molar-refractivity contribution in [2.75, 3.05) is 19.8 Å². The van der Waals surface area contributed by atoms with Gasteiger partial charge in [-0.15, -0.1) is 0 Å². The van der Waals surface area contributed by atoms with Gasteiger partial charge in [-0.2, -0.15) is 5.26 Å². The molecular formula is C22H28N2O5. The lowest BCUT2D eigenvalue weighted by molar-refractivity contribution is -0.0623. The van der Waals surface area contributed by atoms with E-state index in [1.807, 2.05) is 27.7 Å². The maximum atomic E-state index is 10.9. The summed E-state index contributed by atoms with van der Waals surface area (Å²) in [5, 5.41) is 23.3. The first-order valence-electron chi connectivity index (χ1n) is 9.54. The van der Waals surface area contributed by atoms with Gasteiger partial charge < -0.3 is 24.6 Å². The first-order chi connectivity index (χ1) is 13.8. The largest absolute Gasteiger partial charge is 0.494 e. The highest BCUT2D eigenvalue weighted by Crippen LogP contribution is 2.40. The van der Waals surface area contributed by atoms with Crippen LogP contribution in [0.5, 0.6) is 5.75 Å². The third kappa shape index (κ3) is 6.10. The topological polar surface area (TPSA) is 101 Å². The van der Waals surface area contributed by atoms with Gasteiger partial charge in [0.2, 0.25) is 0 Å². The molecule has 0 spiro atoms. The second-order valence-corrected chi connectivity index (χ2v) is 7.81. The fraction of sp³-hybridized carbons (Fsp3) is 0.500. The molecule has 0 unspecified atom stereocenters. The van der Waals surface area contributed by atoms with Gasteiger partial charge in [-0.25, -0.2) is 4.79 Å². The van der Waals surface area contributed by atoms with Crippen LogP contribution in [0.3, 0.4) is 0 Å². The molecule has 2 atom stereocenters. The first kappa shape index (κ1) is 22.5. The maximum Gasteiger partial charge on any atom is 0.137 e. The summed E-state index contributed by atoms with van der Waals surface area (Å²) in [6, 6.07) is 6.74. The molecule has 7 nitrogen and oxygen atoms in total. The minimum atomic E-state index is -0.870. The van der Waals surface area contributed by atoms with Crippen molar-refractivity contribution >= 4 is 5.94 Å². The molecule has 1 aromatic carbocycles. The molecule has 0 amide bonds. The first-order valence-corrected chi connectivity index (χ1v) is 9.54. The third-order valence-corrected chi connectivity index (χ3v) is 4.43. The van der Waals surface area contributed by atoms with Crippen molar-refractivity contribution in [1.29, 1.82) is 5.26 Å². The molecule has 0 saturated carbocycles. The normalized spacial score (nSPS) is 20.1. The molecule has 7 heteroatoms. The Hall–Kier alpha value is -2.78. The van der Waals surface area contributed by atoms with Gasteiger partial charge >= 0.3 is 0 Å². The number of benzene rings is 1. The Bertz CT molecular complexity index is 819. The van der Waals surface area contributed by atoms with E-state index in [1.165, 1.54) is 6.08 Å². The Morgan fingerprint density at radius 2 is 2.21 bits per heavy atom. The molecular weight excluding hydrogens is 372 g/mol. The average molecular weight is 400 g/mol. The van der Waals surface area contributed by atoms with Gasteiger partial charge in [0.1, 0.15) is 35.8 Å². The number of nitrogens with zero attached hydrogens (tertiary/aromatic N) is 1. The quantitative estimate of drug-likeness (QED) is 0.373. The van der Waals surface area contributed by atoms with Crippen LogP contribution < -0.4 is 10.1 Å². The van der Waals surface area contributed by atoms with Gasteiger partial charge in [0.25, 0.3) is 0 Å². The number of fused-ring (bicyclic) bond motifs is 1. The van der Waals surface area contributed by atoms with E-state index in [1.54, 1.807) is 30.3 Å². The molecule has 156 valence electrons. The lowest BCUT2D eigenvalue weighted by Gasteiger charge is -2.42. The highest BCUT2D eigenvalue weighted by molar-refractivity contribution is 5.46. The molecule has 0 aromatic heterocycles. The van der Waals surface area contributed by atoms with Crippen molar-refractivity contribution in [3.8, 4) is 11.8 Å². The fourth-order valence-electron chi connectivity index (χ4n) is 2.88. The summed E-state index contributed by atoms with van der Waals surface area (Å²) in [5.41, 5.74) is 0.354. The molecule has 1 heterocycles. The molecule has 1 aromatic rings. The summed E-state index contributed by atoms with van der Waals surface area (Å²) >= 11 is 0. The minimum absolute atomic E-state index is 0.132. The predicted octanol–water partition coefficient (Wildman–Crippen LogP) is 2.64. The van der Waals surface area contributed by atoms with E-state index in [2.05, 4.69) is 11.4 Å². The lowest BCUT2D eigenvalue weighted by Crippen LogP contribution is -2.51. The maximum absolute atomic E-state index is 10.9. The van der Waals surface area contributed by atoms with Crippen molar-refractivity contribution in [2.45, 2.75) is 45.4 Å². The smallest absolute Gasteiger partial charge is 0.137 e. The van der Waals surface area contributed by atoms with Crippen LogP contribution in [0.2, 0.25) is 0 Å². The Balaban J connectivity index is 2.26. The van der Waals surface area contributed by atoms with Gasteiger partial charge in [-0.1, -0.05) is 13.8 Å². The van der Waals surface area contributed by atoms with E-state index in [0.717, 1.165) is 0 Å². The number of hydrogen-bond donors (Lipinski definition) is 2. The van der Waals surface area contributed by atoms with E-state index in [9.17, 15) is 15.2 Å². The highest BCUT2D eigenvalue weighted by Gasteiger charge is 2.42. The average Bonchev–Trinajstić information content (AvgIpc) is 2.68. The molecule has 1 aliphatic rings.